The summed E-state index contributed by atoms with van der Waals surface area (Å²) in [6, 6.07) is 2.54. The highest BCUT2D eigenvalue weighted by Crippen LogP contribution is 2.37. The fraction of sp³-hybridized carbons (Fsp3) is 0.643. The third-order valence-electron chi connectivity index (χ3n) is 3.94. The molecule has 2 N–H and O–H groups in total. The van der Waals surface area contributed by atoms with Crippen molar-refractivity contribution in [3.8, 4) is 6.07 Å². The van der Waals surface area contributed by atoms with Gasteiger partial charge in [0.2, 0.25) is 0 Å². The monoisotopic (exact) mass is 247 g/mol. The lowest BCUT2D eigenvalue weighted by molar-refractivity contribution is -0.0689. The van der Waals surface area contributed by atoms with E-state index in [2.05, 4.69) is 24.5 Å². The summed E-state index contributed by atoms with van der Waals surface area (Å²) < 4.78 is 7.86. The van der Waals surface area contributed by atoms with Gasteiger partial charge in [0.05, 0.1) is 11.2 Å². The van der Waals surface area contributed by atoms with Gasteiger partial charge in [0.15, 0.2) is 0 Å². The Kier molecular flexibility index (Phi) is 3.12. The summed E-state index contributed by atoms with van der Waals surface area (Å²) in [6.07, 6.45) is 1.88. The predicted octanol–water partition coefficient (Wildman–Crippen LogP) is 2.69. The fourth-order valence-electron chi connectivity index (χ4n) is 2.89. The fourth-order valence-corrected chi connectivity index (χ4v) is 2.89. The topological polar surface area (TPSA) is 64.0 Å². The molecule has 0 saturated carbocycles. The van der Waals surface area contributed by atoms with Gasteiger partial charge in [-0.15, -0.1) is 0 Å². The molecule has 2 heterocycles. The molecule has 0 aromatic carbocycles. The highest BCUT2D eigenvalue weighted by atomic mass is 16.5. The second-order valence-corrected chi connectivity index (χ2v) is 5.71. The standard InChI is InChI=1S/C14H21N3O/c1-9-10(2)17(13(16)12(9)8-15)11-5-6-18-14(3,4)7-11/h11H,5-7,16H2,1-4H3. The Morgan fingerprint density at radius 1 is 1.44 bits per heavy atom. The first-order valence-electron chi connectivity index (χ1n) is 6.38. The Morgan fingerprint density at radius 2 is 2.11 bits per heavy atom. The molecule has 4 heteroatoms. The summed E-state index contributed by atoms with van der Waals surface area (Å²) in [4.78, 5) is 0. The Morgan fingerprint density at radius 3 is 2.61 bits per heavy atom. The highest BCUT2D eigenvalue weighted by Gasteiger charge is 2.32. The predicted molar refractivity (Wildman–Crippen MR) is 71.3 cm³/mol. The number of nitrogens with two attached hydrogens (primary N) is 1. The van der Waals surface area contributed by atoms with Gasteiger partial charge in [-0.2, -0.15) is 5.26 Å². The third-order valence-corrected chi connectivity index (χ3v) is 3.94. The second-order valence-electron chi connectivity index (χ2n) is 5.71. The number of hydrogen-bond acceptors (Lipinski definition) is 3. The van der Waals surface area contributed by atoms with Crippen LogP contribution in [0.4, 0.5) is 5.82 Å². The maximum absolute atomic E-state index is 9.17. The van der Waals surface area contributed by atoms with Crippen LogP contribution in [0.2, 0.25) is 0 Å². The van der Waals surface area contributed by atoms with E-state index in [1.807, 2.05) is 13.8 Å². The zero-order valence-electron chi connectivity index (χ0n) is 11.6. The number of nitriles is 1. The molecule has 0 spiro atoms. The van der Waals surface area contributed by atoms with Crippen molar-refractivity contribution in [2.75, 3.05) is 12.3 Å². The van der Waals surface area contributed by atoms with Crippen molar-refractivity contribution in [3.63, 3.8) is 0 Å². The first-order chi connectivity index (χ1) is 8.37. The minimum absolute atomic E-state index is 0.118. The van der Waals surface area contributed by atoms with Crippen molar-refractivity contribution in [1.29, 1.82) is 5.26 Å². The average molecular weight is 247 g/mol. The molecule has 18 heavy (non-hydrogen) atoms. The Bertz CT molecular complexity index is 508. The van der Waals surface area contributed by atoms with E-state index in [1.165, 1.54) is 0 Å². The minimum atomic E-state index is -0.118. The van der Waals surface area contributed by atoms with Gasteiger partial charge in [0.25, 0.3) is 0 Å². The number of ether oxygens (including phenoxy) is 1. The van der Waals surface area contributed by atoms with Crippen molar-refractivity contribution in [3.05, 3.63) is 16.8 Å². The van der Waals surface area contributed by atoms with Gasteiger partial charge >= 0.3 is 0 Å². The summed E-state index contributed by atoms with van der Waals surface area (Å²) in [7, 11) is 0. The van der Waals surface area contributed by atoms with Crippen LogP contribution < -0.4 is 5.73 Å². The van der Waals surface area contributed by atoms with Crippen LogP contribution in [0.5, 0.6) is 0 Å². The molecule has 98 valence electrons. The van der Waals surface area contributed by atoms with Crippen molar-refractivity contribution in [2.24, 2.45) is 0 Å². The lowest BCUT2D eigenvalue weighted by atomic mass is 9.93. The molecule has 0 amide bonds. The number of anilines is 1. The van der Waals surface area contributed by atoms with E-state index >= 15 is 0 Å². The maximum atomic E-state index is 9.17. The lowest BCUT2D eigenvalue weighted by Gasteiger charge is -2.37. The first-order valence-corrected chi connectivity index (χ1v) is 6.38. The second kappa shape index (κ2) is 4.33. The van der Waals surface area contributed by atoms with Crippen LogP contribution in [0.1, 0.15) is 49.6 Å². The van der Waals surface area contributed by atoms with Crippen LogP contribution in [0.3, 0.4) is 0 Å². The molecule has 1 fully saturated rings. The van der Waals surface area contributed by atoms with E-state index < -0.39 is 0 Å². The Hall–Kier alpha value is -1.47. The smallest absolute Gasteiger partial charge is 0.122 e. The van der Waals surface area contributed by atoms with Gasteiger partial charge in [-0.25, -0.2) is 0 Å². The van der Waals surface area contributed by atoms with Gasteiger partial charge < -0.3 is 15.0 Å². The molecule has 1 saturated heterocycles. The summed E-state index contributed by atoms with van der Waals surface area (Å²) in [6.45, 7) is 8.95. The van der Waals surface area contributed by atoms with E-state index in [4.69, 9.17) is 10.5 Å². The molecule has 1 atom stereocenters. The molecule has 1 unspecified atom stereocenters. The maximum Gasteiger partial charge on any atom is 0.122 e. The Balaban J connectivity index is 2.43. The minimum Gasteiger partial charge on any atom is -0.384 e. The molecule has 1 aliphatic rings. The van der Waals surface area contributed by atoms with Gasteiger partial charge in [-0.3, -0.25) is 0 Å². The molecule has 0 radical (unpaired) electrons. The third kappa shape index (κ3) is 1.99. The highest BCUT2D eigenvalue weighted by molar-refractivity contribution is 5.58. The van der Waals surface area contributed by atoms with E-state index in [0.717, 1.165) is 30.7 Å². The summed E-state index contributed by atoms with van der Waals surface area (Å²) in [5.41, 5.74) is 8.74. The molecular weight excluding hydrogens is 226 g/mol. The van der Waals surface area contributed by atoms with Crippen molar-refractivity contribution < 1.29 is 4.74 Å². The summed E-state index contributed by atoms with van der Waals surface area (Å²) >= 11 is 0. The number of nitrogen functional groups attached to an aromatic ring is 1. The van der Waals surface area contributed by atoms with Gasteiger partial charge in [0, 0.05) is 18.3 Å². The van der Waals surface area contributed by atoms with E-state index in [9.17, 15) is 5.26 Å². The van der Waals surface area contributed by atoms with Gasteiger partial charge in [0.1, 0.15) is 11.9 Å². The number of aromatic nitrogens is 1. The Labute approximate surface area is 108 Å². The van der Waals surface area contributed by atoms with Crippen LogP contribution in [-0.4, -0.2) is 16.8 Å². The van der Waals surface area contributed by atoms with Crippen LogP contribution in [0.15, 0.2) is 0 Å². The van der Waals surface area contributed by atoms with Crippen LogP contribution >= 0.6 is 0 Å². The number of rotatable bonds is 1. The number of nitrogens with zero attached hydrogens (tertiary/aromatic N) is 2. The summed E-state index contributed by atoms with van der Waals surface area (Å²) in [5, 5.41) is 9.17. The van der Waals surface area contributed by atoms with Crippen LogP contribution in [0.25, 0.3) is 0 Å². The van der Waals surface area contributed by atoms with Crippen molar-refractivity contribution in [2.45, 2.75) is 52.2 Å². The number of hydrogen-bond donors (Lipinski definition) is 1. The molecule has 0 bridgehead atoms. The average Bonchev–Trinajstić information content (AvgIpc) is 2.49. The quantitative estimate of drug-likeness (QED) is 0.829. The zero-order valence-corrected chi connectivity index (χ0v) is 11.6. The van der Waals surface area contributed by atoms with E-state index in [0.29, 0.717) is 17.4 Å². The molecule has 2 rings (SSSR count). The van der Waals surface area contributed by atoms with E-state index in [-0.39, 0.29) is 5.60 Å². The van der Waals surface area contributed by atoms with Crippen LogP contribution in [-0.2, 0) is 4.74 Å². The zero-order chi connectivity index (χ0) is 13.5. The molecule has 1 aliphatic heterocycles. The molecule has 1 aromatic heterocycles. The van der Waals surface area contributed by atoms with Gasteiger partial charge in [-0.05, 0) is 46.1 Å². The first kappa shape index (κ1) is 13.0. The lowest BCUT2D eigenvalue weighted by Crippen LogP contribution is -2.35. The SMILES string of the molecule is Cc1c(C#N)c(N)n(C2CCOC(C)(C)C2)c1C. The van der Waals surface area contributed by atoms with E-state index in [1.54, 1.807) is 0 Å². The summed E-state index contributed by atoms with van der Waals surface area (Å²) in [5.74, 6) is 0.607. The van der Waals surface area contributed by atoms with Gasteiger partial charge in [-0.1, -0.05) is 0 Å². The molecule has 4 nitrogen and oxygen atoms in total. The van der Waals surface area contributed by atoms with Crippen molar-refractivity contribution in [1.82, 2.24) is 4.57 Å². The van der Waals surface area contributed by atoms with Crippen LogP contribution in [0, 0.1) is 25.2 Å². The molecule has 1 aromatic rings. The normalized spacial score (nSPS) is 22.7. The molecule has 0 aliphatic carbocycles. The molecular formula is C14H21N3O. The largest absolute Gasteiger partial charge is 0.384 e. The van der Waals surface area contributed by atoms with Crippen molar-refractivity contribution >= 4 is 5.82 Å².